The molecule has 0 aliphatic carbocycles. The molecule has 96 valence electrons. The van der Waals surface area contributed by atoms with Crippen molar-refractivity contribution in [1.82, 2.24) is 4.90 Å². The molecule has 0 spiro atoms. The van der Waals surface area contributed by atoms with Crippen molar-refractivity contribution < 1.29 is 9.59 Å². The van der Waals surface area contributed by atoms with Crippen LogP contribution in [0.25, 0.3) is 0 Å². The smallest absolute Gasteiger partial charge is 0.244 e. The van der Waals surface area contributed by atoms with Gasteiger partial charge >= 0.3 is 0 Å². The quantitative estimate of drug-likeness (QED) is 0.925. The summed E-state index contributed by atoms with van der Waals surface area (Å²) in [4.78, 5) is 24.7. The Labute approximate surface area is 115 Å². The number of anilines is 1. The fourth-order valence-corrected chi connectivity index (χ4v) is 2.72. The van der Waals surface area contributed by atoms with Crippen LogP contribution in [-0.4, -0.2) is 34.9 Å². The molecule has 1 N–H and O–H groups in total. The van der Waals surface area contributed by atoms with Gasteiger partial charge in [-0.25, -0.2) is 0 Å². The second-order valence-electron chi connectivity index (χ2n) is 4.03. The minimum atomic E-state index is -0.198. The number of halogens is 1. The van der Waals surface area contributed by atoms with Gasteiger partial charge in [0, 0.05) is 10.7 Å². The Kier molecular flexibility index (Phi) is 4.14. The molecule has 1 saturated heterocycles. The number of carbonyl (C=O) groups is 2. The predicted octanol–water partition coefficient (Wildman–Crippen LogP) is 2.12. The molecule has 0 unspecified atom stereocenters. The maximum atomic E-state index is 11.8. The first-order valence-corrected chi connectivity index (χ1v) is 7.01. The first-order chi connectivity index (χ1) is 8.58. The van der Waals surface area contributed by atoms with E-state index in [1.165, 1.54) is 11.8 Å². The van der Waals surface area contributed by atoms with Crippen LogP contribution in [-0.2, 0) is 9.59 Å². The predicted molar refractivity (Wildman–Crippen MR) is 73.9 cm³/mol. The molecule has 0 bridgehead atoms. The summed E-state index contributed by atoms with van der Waals surface area (Å²) in [5.41, 5.74) is 1.52. The number of rotatable bonds is 3. The summed E-state index contributed by atoms with van der Waals surface area (Å²) in [6, 6.07) is 5.34. The summed E-state index contributed by atoms with van der Waals surface area (Å²) in [5, 5.41) is 3.38. The Balaban J connectivity index is 1.99. The summed E-state index contributed by atoms with van der Waals surface area (Å²) in [7, 11) is 0. The van der Waals surface area contributed by atoms with E-state index < -0.39 is 0 Å². The van der Waals surface area contributed by atoms with Crippen LogP contribution in [0.15, 0.2) is 18.2 Å². The minimum Gasteiger partial charge on any atom is -0.324 e. The lowest BCUT2D eigenvalue weighted by molar-refractivity contribution is -0.130. The summed E-state index contributed by atoms with van der Waals surface area (Å²) >= 11 is 7.49. The van der Waals surface area contributed by atoms with Gasteiger partial charge < -0.3 is 10.2 Å². The first-order valence-electron chi connectivity index (χ1n) is 5.48. The van der Waals surface area contributed by atoms with E-state index in [0.717, 1.165) is 5.56 Å². The molecule has 1 fully saturated rings. The van der Waals surface area contributed by atoms with Gasteiger partial charge in [-0.2, -0.15) is 0 Å². The third-order valence-corrected chi connectivity index (χ3v) is 4.06. The van der Waals surface area contributed by atoms with Crippen molar-refractivity contribution in [3.8, 4) is 0 Å². The van der Waals surface area contributed by atoms with E-state index in [-0.39, 0.29) is 18.4 Å². The Morgan fingerprint density at radius 1 is 1.56 bits per heavy atom. The lowest BCUT2D eigenvalue weighted by Gasteiger charge is -2.15. The van der Waals surface area contributed by atoms with Gasteiger partial charge in [-0.15, -0.1) is 11.8 Å². The molecule has 0 saturated carbocycles. The molecule has 2 rings (SSSR count). The highest BCUT2D eigenvalue weighted by Gasteiger charge is 2.23. The highest BCUT2D eigenvalue weighted by Crippen LogP contribution is 2.23. The monoisotopic (exact) mass is 284 g/mol. The number of hydrogen-bond donors (Lipinski definition) is 1. The average Bonchev–Trinajstić information content (AvgIpc) is 2.71. The van der Waals surface area contributed by atoms with Crippen molar-refractivity contribution in [1.29, 1.82) is 0 Å². The van der Waals surface area contributed by atoms with Gasteiger partial charge in [0.2, 0.25) is 11.8 Å². The SMILES string of the molecule is Cc1c(Cl)cccc1NC(=O)CN1CSCC1=O. The number of nitrogens with zero attached hydrogens (tertiary/aromatic N) is 1. The standard InChI is InChI=1S/C12H13ClN2O2S/c1-8-9(13)3-2-4-10(8)14-11(16)5-15-7-18-6-12(15)17/h2-4H,5-7H2,1H3,(H,14,16). The van der Waals surface area contributed by atoms with Crippen LogP contribution in [0.5, 0.6) is 0 Å². The van der Waals surface area contributed by atoms with Gasteiger partial charge in [0.15, 0.2) is 0 Å². The molecule has 1 aromatic carbocycles. The summed E-state index contributed by atoms with van der Waals surface area (Å²) in [6.45, 7) is 1.94. The van der Waals surface area contributed by atoms with E-state index in [9.17, 15) is 9.59 Å². The Morgan fingerprint density at radius 2 is 2.33 bits per heavy atom. The number of carbonyl (C=O) groups excluding carboxylic acids is 2. The Hall–Kier alpha value is -1.20. The molecule has 1 aliphatic rings. The van der Waals surface area contributed by atoms with E-state index >= 15 is 0 Å². The van der Waals surface area contributed by atoms with E-state index in [4.69, 9.17) is 11.6 Å². The molecule has 4 nitrogen and oxygen atoms in total. The van der Waals surface area contributed by atoms with Crippen molar-refractivity contribution >= 4 is 40.9 Å². The summed E-state index contributed by atoms with van der Waals surface area (Å²) in [6.07, 6.45) is 0. The van der Waals surface area contributed by atoms with Crippen LogP contribution in [0.4, 0.5) is 5.69 Å². The van der Waals surface area contributed by atoms with Crippen molar-refractivity contribution in [3.05, 3.63) is 28.8 Å². The zero-order valence-electron chi connectivity index (χ0n) is 9.90. The fourth-order valence-electron chi connectivity index (χ4n) is 1.65. The van der Waals surface area contributed by atoms with Gasteiger partial charge in [-0.05, 0) is 24.6 Å². The second kappa shape index (κ2) is 5.63. The highest BCUT2D eigenvalue weighted by atomic mass is 35.5. The molecule has 0 aromatic heterocycles. The molecule has 1 aromatic rings. The molecular formula is C12H13ClN2O2S. The minimum absolute atomic E-state index is 0.0120. The second-order valence-corrected chi connectivity index (χ2v) is 5.39. The Morgan fingerprint density at radius 3 is 3.00 bits per heavy atom. The number of hydrogen-bond acceptors (Lipinski definition) is 3. The van der Waals surface area contributed by atoms with Crippen molar-refractivity contribution in [2.24, 2.45) is 0 Å². The topological polar surface area (TPSA) is 49.4 Å². The normalized spacial score (nSPS) is 15.0. The summed E-state index contributed by atoms with van der Waals surface area (Å²) < 4.78 is 0. The summed E-state index contributed by atoms with van der Waals surface area (Å²) in [5.74, 6) is 0.860. The molecule has 6 heteroatoms. The molecule has 18 heavy (non-hydrogen) atoms. The number of benzene rings is 1. The fraction of sp³-hybridized carbons (Fsp3) is 0.333. The van der Waals surface area contributed by atoms with Crippen LogP contribution >= 0.6 is 23.4 Å². The third-order valence-electron chi connectivity index (χ3n) is 2.70. The third kappa shape index (κ3) is 2.97. The van der Waals surface area contributed by atoms with Crippen molar-refractivity contribution in [2.45, 2.75) is 6.92 Å². The van der Waals surface area contributed by atoms with Gasteiger partial charge in [-0.3, -0.25) is 9.59 Å². The van der Waals surface area contributed by atoms with E-state index in [2.05, 4.69) is 5.32 Å². The van der Waals surface area contributed by atoms with Crippen molar-refractivity contribution in [3.63, 3.8) is 0 Å². The molecule has 0 atom stereocenters. The number of nitrogens with one attached hydrogen (secondary N) is 1. The highest BCUT2D eigenvalue weighted by molar-refractivity contribution is 8.00. The van der Waals surface area contributed by atoms with E-state index in [1.807, 2.05) is 6.92 Å². The lowest BCUT2D eigenvalue weighted by atomic mass is 10.2. The van der Waals surface area contributed by atoms with E-state index in [1.54, 1.807) is 23.1 Å². The zero-order valence-corrected chi connectivity index (χ0v) is 11.5. The van der Waals surface area contributed by atoms with Crippen molar-refractivity contribution in [2.75, 3.05) is 23.5 Å². The van der Waals surface area contributed by atoms with Gasteiger partial charge in [0.25, 0.3) is 0 Å². The largest absolute Gasteiger partial charge is 0.324 e. The van der Waals surface area contributed by atoms with Gasteiger partial charge in [-0.1, -0.05) is 17.7 Å². The molecule has 1 heterocycles. The number of amides is 2. The number of thioether (sulfide) groups is 1. The van der Waals surface area contributed by atoms with Crippen LogP contribution in [0.2, 0.25) is 5.02 Å². The molecule has 1 aliphatic heterocycles. The zero-order chi connectivity index (χ0) is 13.1. The van der Waals surface area contributed by atoms with Gasteiger partial charge in [0.05, 0.1) is 11.6 Å². The van der Waals surface area contributed by atoms with Crippen LogP contribution in [0.3, 0.4) is 0 Å². The molecule has 2 amide bonds. The lowest BCUT2D eigenvalue weighted by Crippen LogP contribution is -2.34. The molecule has 0 radical (unpaired) electrons. The first kappa shape index (κ1) is 13.2. The maximum Gasteiger partial charge on any atom is 0.244 e. The van der Waals surface area contributed by atoms with Crippen LogP contribution in [0, 0.1) is 6.92 Å². The average molecular weight is 285 g/mol. The van der Waals surface area contributed by atoms with E-state index in [0.29, 0.717) is 22.3 Å². The van der Waals surface area contributed by atoms with Crippen LogP contribution in [0.1, 0.15) is 5.56 Å². The molecular weight excluding hydrogens is 272 g/mol. The van der Waals surface area contributed by atoms with Gasteiger partial charge in [0.1, 0.15) is 6.54 Å². The Bertz CT molecular complexity index is 493. The maximum absolute atomic E-state index is 11.8. The van der Waals surface area contributed by atoms with Crippen LogP contribution < -0.4 is 5.32 Å².